The van der Waals surface area contributed by atoms with E-state index in [1.807, 2.05) is 6.07 Å². The molecule has 38 valence electrons. The zero-order valence-electron chi connectivity index (χ0n) is 3.60. The molecule has 0 amide bonds. The molecule has 1 fully saturated rings. The maximum Gasteiger partial charge on any atom is 0.148 e. The van der Waals surface area contributed by atoms with Gasteiger partial charge in [0.25, 0.3) is 0 Å². The van der Waals surface area contributed by atoms with Crippen molar-refractivity contribution in [3.05, 3.63) is 0 Å². The lowest BCUT2D eigenvalue weighted by Crippen LogP contribution is -2.01. The highest BCUT2D eigenvalue weighted by Gasteiger charge is 2.30. The highest BCUT2D eigenvalue weighted by molar-refractivity contribution is 6.22. The molecule has 7 heavy (non-hydrogen) atoms. The van der Waals surface area contributed by atoms with Crippen LogP contribution in [-0.4, -0.2) is 18.1 Å². The van der Waals surface area contributed by atoms with Crippen LogP contribution in [0.1, 0.15) is 0 Å². The van der Waals surface area contributed by atoms with Crippen LogP contribution in [0.25, 0.3) is 0 Å². The second-order valence-electron chi connectivity index (χ2n) is 1.40. The molecule has 0 aromatic rings. The van der Waals surface area contributed by atoms with Crippen molar-refractivity contribution in [2.75, 3.05) is 6.61 Å². The summed E-state index contributed by atoms with van der Waals surface area (Å²) in [5.74, 6) is 0. The molecule has 2 nitrogen and oxygen atoms in total. The first-order chi connectivity index (χ1) is 3.34. The number of alkyl halides is 1. The zero-order chi connectivity index (χ0) is 5.28. The van der Waals surface area contributed by atoms with Gasteiger partial charge in [0.05, 0.1) is 12.7 Å². The number of hydrogen-bond acceptors (Lipinski definition) is 2. The molecular formula is C4H4ClNO. The zero-order valence-corrected chi connectivity index (χ0v) is 4.35. The van der Waals surface area contributed by atoms with E-state index in [4.69, 9.17) is 21.6 Å². The summed E-state index contributed by atoms with van der Waals surface area (Å²) in [6.45, 7) is 0.654. The second-order valence-corrected chi connectivity index (χ2v) is 1.87. The predicted octanol–water partition coefficient (Wildman–Crippen LogP) is 0.516. The topological polar surface area (TPSA) is 36.3 Å². The van der Waals surface area contributed by atoms with Crippen molar-refractivity contribution in [2.45, 2.75) is 11.5 Å². The number of nitrogens with zero attached hydrogens (tertiary/aromatic N) is 1. The fraction of sp³-hybridized carbons (Fsp3) is 0.750. The third-order valence-electron chi connectivity index (χ3n) is 0.809. The van der Waals surface area contributed by atoms with E-state index in [0.717, 1.165) is 0 Å². The monoisotopic (exact) mass is 117 g/mol. The van der Waals surface area contributed by atoms with Crippen molar-refractivity contribution in [3.8, 4) is 6.07 Å². The average Bonchev–Trinajstić information content (AvgIpc) is 2.44. The quantitative estimate of drug-likeness (QED) is 0.371. The van der Waals surface area contributed by atoms with E-state index in [1.54, 1.807) is 0 Å². The summed E-state index contributed by atoms with van der Waals surface area (Å²) in [6, 6.07) is 1.87. The van der Waals surface area contributed by atoms with E-state index in [9.17, 15) is 0 Å². The van der Waals surface area contributed by atoms with Crippen LogP contribution in [0, 0.1) is 11.3 Å². The minimum Gasteiger partial charge on any atom is -0.370 e. The SMILES string of the molecule is N#C[C@@H](Cl)[C@H]1CO1. The van der Waals surface area contributed by atoms with Gasteiger partial charge in [-0.3, -0.25) is 0 Å². The summed E-state index contributed by atoms with van der Waals surface area (Å²) in [6.07, 6.45) is 0.0201. The Morgan fingerprint density at radius 2 is 2.57 bits per heavy atom. The Kier molecular flexibility index (Phi) is 1.18. The molecule has 0 saturated carbocycles. The molecular weight excluding hydrogens is 114 g/mol. The second kappa shape index (κ2) is 1.69. The van der Waals surface area contributed by atoms with Crippen molar-refractivity contribution in [3.63, 3.8) is 0 Å². The Hall–Kier alpha value is -0.260. The van der Waals surface area contributed by atoms with Gasteiger partial charge < -0.3 is 4.74 Å². The number of rotatable bonds is 1. The van der Waals surface area contributed by atoms with E-state index in [1.165, 1.54) is 0 Å². The van der Waals surface area contributed by atoms with Gasteiger partial charge in [0.1, 0.15) is 11.5 Å². The highest BCUT2D eigenvalue weighted by Crippen LogP contribution is 2.17. The van der Waals surface area contributed by atoms with Crippen molar-refractivity contribution < 1.29 is 4.74 Å². The fourth-order valence-corrected chi connectivity index (χ4v) is 0.453. The van der Waals surface area contributed by atoms with E-state index in [2.05, 4.69) is 0 Å². The lowest BCUT2D eigenvalue weighted by atomic mass is 10.4. The number of epoxide rings is 1. The maximum atomic E-state index is 8.08. The predicted molar refractivity (Wildman–Crippen MR) is 25.0 cm³/mol. The normalized spacial score (nSPS) is 31.1. The molecule has 1 aliphatic heterocycles. The fourth-order valence-electron chi connectivity index (χ4n) is 0.308. The third-order valence-corrected chi connectivity index (χ3v) is 1.19. The van der Waals surface area contributed by atoms with Crippen LogP contribution < -0.4 is 0 Å². The number of hydrogen-bond donors (Lipinski definition) is 0. The molecule has 0 aliphatic carbocycles. The van der Waals surface area contributed by atoms with Gasteiger partial charge in [-0.2, -0.15) is 5.26 Å². The van der Waals surface area contributed by atoms with Gasteiger partial charge in [0.2, 0.25) is 0 Å². The summed E-state index contributed by atoms with van der Waals surface area (Å²) in [4.78, 5) is 0. The molecule has 2 atom stereocenters. The highest BCUT2D eigenvalue weighted by atomic mass is 35.5. The van der Waals surface area contributed by atoms with Crippen LogP contribution >= 0.6 is 11.6 Å². The van der Waals surface area contributed by atoms with Gasteiger partial charge in [-0.05, 0) is 0 Å². The first kappa shape index (κ1) is 4.89. The molecule has 0 N–H and O–H groups in total. The van der Waals surface area contributed by atoms with Gasteiger partial charge in [-0.15, -0.1) is 11.6 Å². The van der Waals surface area contributed by atoms with E-state index < -0.39 is 5.38 Å². The summed E-state index contributed by atoms with van der Waals surface area (Å²) in [5.41, 5.74) is 0. The van der Waals surface area contributed by atoms with Crippen molar-refractivity contribution >= 4 is 11.6 Å². The van der Waals surface area contributed by atoms with E-state index in [0.29, 0.717) is 6.61 Å². The molecule has 0 aromatic heterocycles. The molecule has 0 bridgehead atoms. The Labute approximate surface area is 46.6 Å². The minimum atomic E-state index is -0.431. The van der Waals surface area contributed by atoms with E-state index >= 15 is 0 Å². The number of ether oxygens (including phenoxy) is 1. The standard InChI is InChI=1S/C4H4ClNO/c5-3(1-6)4-2-7-4/h3-4H,2H2/t3-,4-/m1/s1. The minimum absolute atomic E-state index is 0.0201. The van der Waals surface area contributed by atoms with Gasteiger partial charge in [0, 0.05) is 0 Å². The molecule has 1 heterocycles. The molecule has 3 heteroatoms. The van der Waals surface area contributed by atoms with Crippen molar-refractivity contribution in [2.24, 2.45) is 0 Å². The van der Waals surface area contributed by atoms with Crippen LogP contribution in [-0.2, 0) is 4.74 Å². The van der Waals surface area contributed by atoms with Crippen molar-refractivity contribution in [1.29, 1.82) is 5.26 Å². The summed E-state index contributed by atoms with van der Waals surface area (Å²) in [7, 11) is 0. The van der Waals surface area contributed by atoms with Crippen LogP contribution in [0.2, 0.25) is 0 Å². The molecule has 1 aliphatic rings. The molecule has 1 rings (SSSR count). The van der Waals surface area contributed by atoms with Gasteiger partial charge in [-0.25, -0.2) is 0 Å². The maximum absolute atomic E-state index is 8.08. The number of halogens is 1. The first-order valence-corrected chi connectivity index (χ1v) is 2.43. The van der Waals surface area contributed by atoms with Gasteiger partial charge >= 0.3 is 0 Å². The average molecular weight is 118 g/mol. The summed E-state index contributed by atoms with van der Waals surface area (Å²) in [5, 5.41) is 7.65. The lowest BCUT2D eigenvalue weighted by molar-refractivity contribution is 0.414. The first-order valence-electron chi connectivity index (χ1n) is 2.00. The Morgan fingerprint density at radius 3 is 2.71 bits per heavy atom. The summed E-state index contributed by atoms with van der Waals surface area (Å²) >= 11 is 5.38. The molecule has 0 unspecified atom stereocenters. The smallest absolute Gasteiger partial charge is 0.148 e. The molecule has 0 spiro atoms. The van der Waals surface area contributed by atoms with Crippen LogP contribution in [0.5, 0.6) is 0 Å². The summed E-state index contributed by atoms with van der Waals surface area (Å²) < 4.78 is 4.71. The Balaban J connectivity index is 2.27. The van der Waals surface area contributed by atoms with Gasteiger partial charge in [-0.1, -0.05) is 0 Å². The van der Waals surface area contributed by atoms with Gasteiger partial charge in [0.15, 0.2) is 0 Å². The van der Waals surface area contributed by atoms with E-state index in [-0.39, 0.29) is 6.10 Å². The molecule has 0 radical (unpaired) electrons. The Morgan fingerprint density at radius 1 is 2.00 bits per heavy atom. The molecule has 1 saturated heterocycles. The van der Waals surface area contributed by atoms with Crippen LogP contribution in [0.4, 0.5) is 0 Å². The Bertz CT molecular complexity index is 105. The number of nitriles is 1. The third kappa shape index (κ3) is 1.05. The largest absolute Gasteiger partial charge is 0.370 e. The molecule has 0 aromatic carbocycles. The lowest BCUT2D eigenvalue weighted by Gasteiger charge is -1.84. The van der Waals surface area contributed by atoms with Crippen LogP contribution in [0.15, 0.2) is 0 Å². The van der Waals surface area contributed by atoms with Crippen LogP contribution in [0.3, 0.4) is 0 Å². The van der Waals surface area contributed by atoms with Crippen molar-refractivity contribution in [1.82, 2.24) is 0 Å².